The Hall–Kier alpha value is -1.40. The van der Waals surface area contributed by atoms with Crippen molar-refractivity contribution in [3.05, 3.63) is 23.2 Å². The van der Waals surface area contributed by atoms with Crippen molar-refractivity contribution in [3.63, 3.8) is 0 Å². The highest BCUT2D eigenvalue weighted by atomic mass is 35.5. The van der Waals surface area contributed by atoms with E-state index in [1.165, 1.54) is 18.2 Å². The molecule has 21 heavy (non-hydrogen) atoms. The van der Waals surface area contributed by atoms with Crippen LogP contribution in [0.1, 0.15) is 32.1 Å². The van der Waals surface area contributed by atoms with Gasteiger partial charge < -0.3 is 15.2 Å². The van der Waals surface area contributed by atoms with Gasteiger partial charge in [0.15, 0.2) is 0 Å². The first-order valence-electron chi connectivity index (χ1n) is 6.65. The van der Waals surface area contributed by atoms with Gasteiger partial charge in [0.2, 0.25) is 5.91 Å². The lowest BCUT2D eigenvalue weighted by Crippen LogP contribution is -2.30. The molecule has 1 aromatic carbocycles. The summed E-state index contributed by atoms with van der Waals surface area (Å²) in [5.74, 6) is -0.575. The fraction of sp³-hybridized carbons (Fsp3) is 0.500. The second-order valence-electron chi connectivity index (χ2n) is 5.18. The molecule has 0 aliphatic heterocycles. The van der Waals surface area contributed by atoms with Gasteiger partial charge in [0, 0.05) is 11.8 Å². The molecular weight excluding hydrogens is 304 g/mol. The molecule has 1 aliphatic carbocycles. The zero-order valence-corrected chi connectivity index (χ0v) is 12.0. The second-order valence-corrected chi connectivity index (χ2v) is 5.59. The zero-order valence-electron chi connectivity index (χ0n) is 11.2. The molecule has 0 bridgehead atoms. The fourth-order valence-electron chi connectivity index (χ4n) is 2.48. The molecule has 1 aromatic rings. The first kappa shape index (κ1) is 16.0. The van der Waals surface area contributed by atoms with Crippen LogP contribution in [0.2, 0.25) is 5.02 Å². The number of aliphatic hydroxyl groups is 1. The number of ether oxygens (including phenoxy) is 1. The van der Waals surface area contributed by atoms with Gasteiger partial charge in [0.25, 0.3) is 0 Å². The number of rotatable bonds is 5. The van der Waals surface area contributed by atoms with Crippen molar-refractivity contribution < 1.29 is 23.4 Å². The topological polar surface area (TPSA) is 58.6 Å². The molecular formula is C14H16ClF2NO3. The average molecular weight is 320 g/mol. The van der Waals surface area contributed by atoms with Crippen molar-refractivity contribution >= 4 is 23.2 Å². The largest absolute Gasteiger partial charge is 0.433 e. The maximum Gasteiger partial charge on any atom is 0.387 e. The normalized spacial score (nSPS) is 17.0. The van der Waals surface area contributed by atoms with Gasteiger partial charge in [0.05, 0.1) is 17.0 Å². The summed E-state index contributed by atoms with van der Waals surface area (Å²) >= 11 is 5.73. The summed E-state index contributed by atoms with van der Waals surface area (Å²) < 4.78 is 28.7. The van der Waals surface area contributed by atoms with E-state index in [0.717, 1.165) is 12.8 Å². The van der Waals surface area contributed by atoms with Crippen LogP contribution in [0.25, 0.3) is 0 Å². The Morgan fingerprint density at radius 2 is 2.10 bits per heavy atom. The SMILES string of the molecule is O=C(CC1(O)CCCC1)Nc1ccc(Cl)c(OC(F)F)c1. The number of hydrogen-bond donors (Lipinski definition) is 2. The third-order valence-electron chi connectivity index (χ3n) is 3.45. The van der Waals surface area contributed by atoms with Crippen molar-refractivity contribution in [3.8, 4) is 5.75 Å². The standard InChI is InChI=1S/C14H16ClF2NO3/c15-10-4-3-9(7-11(10)21-13(16)17)18-12(19)8-14(20)5-1-2-6-14/h3-4,7,13,20H,1-2,5-6,8H2,(H,18,19). The molecule has 1 fully saturated rings. The summed E-state index contributed by atoms with van der Waals surface area (Å²) in [6, 6.07) is 4.07. The molecule has 2 rings (SSSR count). The smallest absolute Gasteiger partial charge is 0.387 e. The van der Waals surface area contributed by atoms with E-state index >= 15 is 0 Å². The third kappa shape index (κ3) is 4.54. The molecule has 0 atom stereocenters. The lowest BCUT2D eigenvalue weighted by molar-refractivity contribution is -0.120. The Bertz CT molecular complexity index is 519. The number of carbonyl (C=O) groups is 1. The predicted octanol–water partition coefficient (Wildman–Crippen LogP) is 3.58. The molecule has 0 saturated heterocycles. The molecule has 1 saturated carbocycles. The number of alkyl halides is 2. The van der Waals surface area contributed by atoms with Crippen LogP contribution >= 0.6 is 11.6 Å². The van der Waals surface area contributed by atoms with Crippen LogP contribution in [0, 0.1) is 0 Å². The van der Waals surface area contributed by atoms with Gasteiger partial charge in [-0.25, -0.2) is 0 Å². The number of halogens is 3. The molecule has 2 N–H and O–H groups in total. The number of benzene rings is 1. The number of nitrogens with one attached hydrogen (secondary N) is 1. The first-order valence-corrected chi connectivity index (χ1v) is 7.02. The summed E-state index contributed by atoms with van der Waals surface area (Å²) in [6.45, 7) is -2.99. The Morgan fingerprint density at radius 1 is 1.43 bits per heavy atom. The van der Waals surface area contributed by atoms with Gasteiger partial charge >= 0.3 is 6.61 Å². The molecule has 1 amide bonds. The van der Waals surface area contributed by atoms with Crippen LogP contribution in [0.15, 0.2) is 18.2 Å². The van der Waals surface area contributed by atoms with Crippen LogP contribution in [0.4, 0.5) is 14.5 Å². The highest BCUT2D eigenvalue weighted by Crippen LogP contribution is 2.33. The molecule has 0 unspecified atom stereocenters. The van der Waals surface area contributed by atoms with Crippen LogP contribution in [0.5, 0.6) is 5.75 Å². The lowest BCUT2D eigenvalue weighted by atomic mass is 9.97. The van der Waals surface area contributed by atoms with Crippen LogP contribution < -0.4 is 10.1 Å². The molecule has 0 heterocycles. The van der Waals surface area contributed by atoms with Crippen molar-refractivity contribution in [2.75, 3.05) is 5.32 Å². The van der Waals surface area contributed by atoms with E-state index in [1.807, 2.05) is 0 Å². The van der Waals surface area contributed by atoms with Crippen molar-refractivity contribution in [1.82, 2.24) is 0 Å². The number of anilines is 1. The van der Waals surface area contributed by atoms with Crippen LogP contribution in [0.3, 0.4) is 0 Å². The Kier molecular flexibility index (Phi) is 5.00. The third-order valence-corrected chi connectivity index (χ3v) is 3.77. The minimum absolute atomic E-state index is 0.0132. The Balaban J connectivity index is 2.00. The van der Waals surface area contributed by atoms with Gasteiger partial charge in [0.1, 0.15) is 5.75 Å². The van der Waals surface area contributed by atoms with E-state index in [-0.39, 0.29) is 23.1 Å². The van der Waals surface area contributed by atoms with E-state index in [4.69, 9.17) is 11.6 Å². The van der Waals surface area contributed by atoms with Crippen LogP contribution in [-0.2, 0) is 4.79 Å². The summed E-state index contributed by atoms with van der Waals surface area (Å²) in [7, 11) is 0. The van der Waals surface area contributed by atoms with Crippen molar-refractivity contribution in [2.45, 2.75) is 44.3 Å². The molecule has 0 spiro atoms. The number of hydrogen-bond acceptors (Lipinski definition) is 3. The van der Waals surface area contributed by atoms with Gasteiger partial charge in [-0.2, -0.15) is 8.78 Å². The van der Waals surface area contributed by atoms with E-state index in [1.54, 1.807) is 0 Å². The van der Waals surface area contributed by atoms with E-state index in [2.05, 4.69) is 10.1 Å². The Labute approximate surface area is 126 Å². The molecule has 4 nitrogen and oxygen atoms in total. The average Bonchev–Trinajstić information content (AvgIpc) is 2.79. The van der Waals surface area contributed by atoms with Crippen molar-refractivity contribution in [2.24, 2.45) is 0 Å². The monoisotopic (exact) mass is 319 g/mol. The van der Waals surface area contributed by atoms with E-state index in [9.17, 15) is 18.7 Å². The maximum absolute atomic E-state index is 12.2. The quantitative estimate of drug-likeness (QED) is 0.872. The van der Waals surface area contributed by atoms with Gasteiger partial charge in [-0.05, 0) is 25.0 Å². The summed E-state index contributed by atoms with van der Waals surface area (Å²) in [4.78, 5) is 11.9. The van der Waals surface area contributed by atoms with Crippen molar-refractivity contribution in [1.29, 1.82) is 0 Å². The van der Waals surface area contributed by atoms with Gasteiger partial charge in [-0.3, -0.25) is 4.79 Å². The zero-order chi connectivity index (χ0) is 15.5. The maximum atomic E-state index is 12.2. The summed E-state index contributed by atoms with van der Waals surface area (Å²) in [5.41, 5.74) is -0.666. The minimum atomic E-state index is -2.99. The molecule has 0 aromatic heterocycles. The molecule has 0 radical (unpaired) electrons. The summed E-state index contributed by atoms with van der Waals surface area (Å²) in [5, 5.41) is 12.7. The number of amides is 1. The highest BCUT2D eigenvalue weighted by Gasteiger charge is 2.33. The van der Waals surface area contributed by atoms with Gasteiger partial charge in [-0.15, -0.1) is 0 Å². The second kappa shape index (κ2) is 6.58. The summed E-state index contributed by atoms with van der Waals surface area (Å²) in [6.07, 6.45) is 2.98. The molecule has 7 heteroatoms. The lowest BCUT2D eigenvalue weighted by Gasteiger charge is -2.21. The highest BCUT2D eigenvalue weighted by molar-refractivity contribution is 6.32. The first-order chi connectivity index (χ1) is 9.88. The van der Waals surface area contributed by atoms with Gasteiger partial charge in [-0.1, -0.05) is 24.4 Å². The number of carbonyl (C=O) groups excluding carboxylic acids is 1. The minimum Gasteiger partial charge on any atom is -0.433 e. The van der Waals surface area contributed by atoms with E-state index < -0.39 is 12.2 Å². The Morgan fingerprint density at radius 3 is 2.71 bits per heavy atom. The predicted molar refractivity (Wildman–Crippen MR) is 74.7 cm³/mol. The van der Waals surface area contributed by atoms with E-state index in [0.29, 0.717) is 18.5 Å². The fourth-order valence-corrected chi connectivity index (χ4v) is 2.64. The molecule has 116 valence electrons. The molecule has 1 aliphatic rings. The van der Waals surface area contributed by atoms with Crippen LogP contribution in [-0.4, -0.2) is 23.2 Å².